The van der Waals surface area contributed by atoms with Crippen molar-refractivity contribution in [3.63, 3.8) is 0 Å². The molecular weight excluding hydrogens is 278 g/mol. The maximum atomic E-state index is 11.6. The standard InChI is InChI=1S/C13H23N3O5/c14-11(17)5-4-10(12(18)19)16-13(20)15-7-6-9-3-1-2-8-21-9/h9-10H,1-8H2,(H2,14,17)(H,18,19)(H2,15,16,20)/t9?,10-/m0/s1. The molecule has 1 fully saturated rings. The lowest BCUT2D eigenvalue weighted by Crippen LogP contribution is -2.47. The predicted octanol–water partition coefficient (Wildman–Crippen LogP) is -0.0365. The van der Waals surface area contributed by atoms with Gasteiger partial charge in [-0.05, 0) is 32.1 Å². The van der Waals surface area contributed by atoms with E-state index >= 15 is 0 Å². The minimum Gasteiger partial charge on any atom is -0.480 e. The van der Waals surface area contributed by atoms with Gasteiger partial charge < -0.3 is 26.2 Å². The molecular formula is C13H23N3O5. The number of aliphatic carboxylic acids is 1. The minimum atomic E-state index is -1.19. The molecule has 0 bridgehead atoms. The summed E-state index contributed by atoms with van der Waals surface area (Å²) in [6.45, 7) is 1.17. The third-order valence-corrected chi connectivity index (χ3v) is 3.31. The summed E-state index contributed by atoms with van der Waals surface area (Å²) in [4.78, 5) is 33.2. The van der Waals surface area contributed by atoms with Gasteiger partial charge >= 0.3 is 12.0 Å². The maximum Gasteiger partial charge on any atom is 0.326 e. The highest BCUT2D eigenvalue weighted by Crippen LogP contribution is 2.14. The average molecular weight is 301 g/mol. The van der Waals surface area contributed by atoms with E-state index in [1.807, 2.05) is 0 Å². The Hall–Kier alpha value is -1.83. The molecule has 120 valence electrons. The summed E-state index contributed by atoms with van der Waals surface area (Å²) in [6.07, 6.45) is 3.93. The van der Waals surface area contributed by atoms with E-state index in [0.29, 0.717) is 13.0 Å². The molecule has 0 saturated carbocycles. The van der Waals surface area contributed by atoms with Crippen LogP contribution in [-0.2, 0) is 14.3 Å². The molecule has 8 nitrogen and oxygen atoms in total. The number of rotatable bonds is 8. The van der Waals surface area contributed by atoms with Gasteiger partial charge in [0, 0.05) is 19.6 Å². The molecule has 21 heavy (non-hydrogen) atoms. The van der Waals surface area contributed by atoms with Crippen molar-refractivity contribution in [3.8, 4) is 0 Å². The van der Waals surface area contributed by atoms with E-state index in [9.17, 15) is 14.4 Å². The zero-order valence-electron chi connectivity index (χ0n) is 12.0. The Bertz CT molecular complexity index is 369. The molecule has 1 aliphatic rings. The van der Waals surface area contributed by atoms with E-state index in [0.717, 1.165) is 25.9 Å². The summed E-state index contributed by atoms with van der Waals surface area (Å²) >= 11 is 0. The second kappa shape index (κ2) is 9.17. The fourth-order valence-corrected chi connectivity index (χ4v) is 2.14. The van der Waals surface area contributed by atoms with Gasteiger partial charge in [0.1, 0.15) is 6.04 Å². The summed E-state index contributed by atoms with van der Waals surface area (Å²) in [7, 11) is 0. The number of amides is 3. The van der Waals surface area contributed by atoms with Gasteiger partial charge in [0.25, 0.3) is 0 Å². The molecule has 8 heteroatoms. The van der Waals surface area contributed by atoms with Crippen LogP contribution in [0.1, 0.15) is 38.5 Å². The fraction of sp³-hybridized carbons (Fsp3) is 0.769. The van der Waals surface area contributed by atoms with E-state index in [-0.39, 0.29) is 18.9 Å². The topological polar surface area (TPSA) is 131 Å². The number of ether oxygens (including phenoxy) is 1. The zero-order chi connectivity index (χ0) is 15.7. The van der Waals surface area contributed by atoms with Crippen LogP contribution >= 0.6 is 0 Å². The van der Waals surface area contributed by atoms with Crippen LogP contribution in [0.5, 0.6) is 0 Å². The summed E-state index contributed by atoms with van der Waals surface area (Å²) in [5.41, 5.74) is 4.96. The van der Waals surface area contributed by atoms with Gasteiger partial charge in [0.05, 0.1) is 6.10 Å². The highest BCUT2D eigenvalue weighted by Gasteiger charge is 2.20. The van der Waals surface area contributed by atoms with Crippen LogP contribution in [-0.4, -0.2) is 48.3 Å². The van der Waals surface area contributed by atoms with Gasteiger partial charge in [0.15, 0.2) is 0 Å². The maximum absolute atomic E-state index is 11.6. The van der Waals surface area contributed by atoms with E-state index in [4.69, 9.17) is 15.6 Å². The quantitative estimate of drug-likeness (QED) is 0.500. The van der Waals surface area contributed by atoms with Gasteiger partial charge in [-0.1, -0.05) is 0 Å². The first-order valence-electron chi connectivity index (χ1n) is 7.16. The number of primary amides is 1. The molecule has 1 aliphatic heterocycles. The Morgan fingerprint density at radius 2 is 2.10 bits per heavy atom. The molecule has 1 saturated heterocycles. The van der Waals surface area contributed by atoms with Crippen molar-refractivity contribution in [2.24, 2.45) is 5.73 Å². The Labute approximate surface area is 123 Å². The molecule has 1 heterocycles. The summed E-state index contributed by atoms with van der Waals surface area (Å²) in [5, 5.41) is 13.9. The van der Waals surface area contributed by atoms with Crippen molar-refractivity contribution in [1.29, 1.82) is 0 Å². The summed E-state index contributed by atoms with van der Waals surface area (Å²) in [6, 6.07) is -1.69. The van der Waals surface area contributed by atoms with Crippen molar-refractivity contribution >= 4 is 17.9 Å². The SMILES string of the molecule is NC(=O)CC[C@H](NC(=O)NCCC1CCCCO1)C(=O)O. The number of carbonyl (C=O) groups is 3. The second-order valence-electron chi connectivity index (χ2n) is 5.07. The number of nitrogens with two attached hydrogens (primary N) is 1. The first-order chi connectivity index (χ1) is 9.99. The van der Waals surface area contributed by atoms with Gasteiger partial charge in [0.2, 0.25) is 5.91 Å². The van der Waals surface area contributed by atoms with Crippen molar-refractivity contribution in [1.82, 2.24) is 10.6 Å². The van der Waals surface area contributed by atoms with E-state index < -0.39 is 23.9 Å². The Morgan fingerprint density at radius 3 is 2.67 bits per heavy atom. The predicted molar refractivity (Wildman–Crippen MR) is 74.6 cm³/mol. The number of carbonyl (C=O) groups excluding carboxylic acids is 2. The van der Waals surface area contributed by atoms with Crippen molar-refractivity contribution in [2.75, 3.05) is 13.2 Å². The Kier molecular flexibility index (Phi) is 7.52. The molecule has 0 spiro atoms. The number of carboxylic acids is 1. The molecule has 2 atom stereocenters. The van der Waals surface area contributed by atoms with E-state index in [2.05, 4.69) is 10.6 Å². The molecule has 1 unspecified atom stereocenters. The van der Waals surface area contributed by atoms with Gasteiger partial charge in [-0.2, -0.15) is 0 Å². The lowest BCUT2D eigenvalue weighted by Gasteiger charge is -2.22. The van der Waals surface area contributed by atoms with Gasteiger partial charge in [-0.15, -0.1) is 0 Å². The Morgan fingerprint density at radius 1 is 1.33 bits per heavy atom. The normalized spacial score (nSPS) is 19.5. The van der Waals surface area contributed by atoms with Crippen molar-refractivity contribution < 1.29 is 24.2 Å². The van der Waals surface area contributed by atoms with Crippen LogP contribution in [0, 0.1) is 0 Å². The third-order valence-electron chi connectivity index (χ3n) is 3.31. The average Bonchev–Trinajstić information content (AvgIpc) is 2.44. The number of hydrogen-bond acceptors (Lipinski definition) is 4. The van der Waals surface area contributed by atoms with Crippen LogP contribution in [0.2, 0.25) is 0 Å². The highest BCUT2D eigenvalue weighted by molar-refractivity contribution is 5.83. The van der Waals surface area contributed by atoms with Gasteiger partial charge in [-0.3, -0.25) is 4.79 Å². The number of urea groups is 1. The summed E-state index contributed by atoms with van der Waals surface area (Å²) in [5.74, 6) is -1.79. The van der Waals surface area contributed by atoms with E-state index in [1.54, 1.807) is 0 Å². The number of nitrogens with one attached hydrogen (secondary N) is 2. The molecule has 1 rings (SSSR count). The first kappa shape index (κ1) is 17.2. The van der Waals surface area contributed by atoms with Crippen LogP contribution in [0.3, 0.4) is 0 Å². The largest absolute Gasteiger partial charge is 0.480 e. The molecule has 3 amide bonds. The fourth-order valence-electron chi connectivity index (χ4n) is 2.14. The van der Waals surface area contributed by atoms with Crippen LogP contribution in [0.25, 0.3) is 0 Å². The smallest absolute Gasteiger partial charge is 0.326 e. The monoisotopic (exact) mass is 301 g/mol. The van der Waals surface area contributed by atoms with Crippen LogP contribution < -0.4 is 16.4 Å². The lowest BCUT2D eigenvalue weighted by atomic mass is 10.1. The van der Waals surface area contributed by atoms with Gasteiger partial charge in [-0.25, -0.2) is 9.59 Å². The zero-order valence-corrected chi connectivity index (χ0v) is 12.0. The van der Waals surface area contributed by atoms with Crippen LogP contribution in [0.4, 0.5) is 4.79 Å². The van der Waals surface area contributed by atoms with E-state index in [1.165, 1.54) is 0 Å². The lowest BCUT2D eigenvalue weighted by molar-refractivity contribution is -0.139. The molecule has 0 radical (unpaired) electrons. The van der Waals surface area contributed by atoms with Crippen molar-refractivity contribution in [2.45, 2.75) is 50.7 Å². The first-order valence-corrected chi connectivity index (χ1v) is 7.16. The second-order valence-corrected chi connectivity index (χ2v) is 5.07. The summed E-state index contributed by atoms with van der Waals surface area (Å²) < 4.78 is 5.53. The van der Waals surface area contributed by atoms with Crippen LogP contribution in [0.15, 0.2) is 0 Å². The molecule has 0 aromatic heterocycles. The number of hydrogen-bond donors (Lipinski definition) is 4. The van der Waals surface area contributed by atoms with Crippen molar-refractivity contribution in [3.05, 3.63) is 0 Å². The minimum absolute atomic E-state index is 0.0240. The molecule has 0 aliphatic carbocycles. The molecule has 0 aromatic rings. The highest BCUT2D eigenvalue weighted by atomic mass is 16.5. The third kappa shape index (κ3) is 7.50. The molecule has 5 N–H and O–H groups in total. The number of carboxylic acid groups (broad SMARTS) is 1. The Balaban J connectivity index is 2.22. The molecule has 0 aromatic carbocycles.